The van der Waals surface area contributed by atoms with Crippen molar-refractivity contribution in [3.63, 3.8) is 0 Å². The first-order valence-electron chi connectivity index (χ1n) is 9.04. The van der Waals surface area contributed by atoms with E-state index < -0.39 is 0 Å². The van der Waals surface area contributed by atoms with E-state index in [1.54, 1.807) is 12.4 Å². The standard InChI is InChI=1S/C22H21N5/c1-2-18(15-8-4-3-5-9-15)26-22-21(23)25-14-20(27-22)17-10-6-12-19-16(17)11-7-13-24-19/h3-14,18H,2H2,1H3,(H2,23,25)(H,26,27)/t18-/m0/s1. The fraction of sp³-hybridized carbons (Fsp3) is 0.136. The molecule has 0 saturated carbocycles. The van der Waals surface area contributed by atoms with Crippen molar-refractivity contribution in [1.29, 1.82) is 0 Å². The Kier molecular flexibility index (Phi) is 4.66. The molecule has 0 aliphatic rings. The molecule has 1 atom stereocenters. The van der Waals surface area contributed by atoms with E-state index >= 15 is 0 Å². The number of nitrogens with one attached hydrogen (secondary N) is 1. The lowest BCUT2D eigenvalue weighted by Gasteiger charge is -2.19. The van der Waals surface area contributed by atoms with Crippen LogP contribution in [0.4, 0.5) is 11.6 Å². The molecule has 2 aromatic carbocycles. The molecule has 27 heavy (non-hydrogen) atoms. The number of nitrogens with zero attached hydrogens (tertiary/aromatic N) is 3. The molecule has 0 unspecified atom stereocenters. The topological polar surface area (TPSA) is 76.7 Å². The van der Waals surface area contributed by atoms with Crippen LogP contribution in [0.2, 0.25) is 0 Å². The molecular weight excluding hydrogens is 334 g/mol. The summed E-state index contributed by atoms with van der Waals surface area (Å²) in [6.45, 7) is 2.13. The Morgan fingerprint density at radius 1 is 0.963 bits per heavy atom. The van der Waals surface area contributed by atoms with Gasteiger partial charge in [0.1, 0.15) is 0 Å². The molecule has 2 heterocycles. The lowest BCUT2D eigenvalue weighted by atomic mass is 10.0. The summed E-state index contributed by atoms with van der Waals surface area (Å²) in [4.78, 5) is 13.6. The summed E-state index contributed by atoms with van der Waals surface area (Å²) in [5.74, 6) is 0.996. The van der Waals surface area contributed by atoms with E-state index in [-0.39, 0.29) is 6.04 Å². The molecule has 0 radical (unpaired) electrons. The van der Waals surface area contributed by atoms with Gasteiger partial charge in [0.25, 0.3) is 0 Å². The first kappa shape index (κ1) is 17.0. The highest BCUT2D eigenvalue weighted by Crippen LogP contribution is 2.29. The predicted molar refractivity (Wildman–Crippen MR) is 110 cm³/mol. The fourth-order valence-electron chi connectivity index (χ4n) is 3.23. The SMILES string of the molecule is CC[C@H](Nc1nc(-c2cccc3ncccc23)cnc1N)c1ccccc1. The maximum Gasteiger partial charge on any atom is 0.170 e. The van der Waals surface area contributed by atoms with Gasteiger partial charge in [-0.05, 0) is 24.1 Å². The monoisotopic (exact) mass is 355 g/mol. The normalized spacial score (nSPS) is 12.0. The van der Waals surface area contributed by atoms with Gasteiger partial charge < -0.3 is 11.1 Å². The van der Waals surface area contributed by atoms with Crippen LogP contribution in [0.5, 0.6) is 0 Å². The van der Waals surface area contributed by atoms with Crippen LogP contribution in [-0.4, -0.2) is 15.0 Å². The Labute approximate surface area is 158 Å². The third-order valence-corrected chi connectivity index (χ3v) is 4.64. The molecule has 4 aromatic rings. The molecule has 5 heteroatoms. The van der Waals surface area contributed by atoms with Crippen LogP contribution in [0.15, 0.2) is 73.1 Å². The predicted octanol–water partition coefficient (Wildman–Crippen LogP) is 4.84. The Balaban J connectivity index is 1.73. The van der Waals surface area contributed by atoms with Crippen LogP contribution >= 0.6 is 0 Å². The van der Waals surface area contributed by atoms with Crippen molar-refractivity contribution in [2.75, 3.05) is 11.1 Å². The molecule has 0 fully saturated rings. The Morgan fingerprint density at radius 3 is 2.63 bits per heavy atom. The van der Waals surface area contributed by atoms with Gasteiger partial charge in [-0.3, -0.25) is 4.98 Å². The highest BCUT2D eigenvalue weighted by Gasteiger charge is 2.14. The summed E-state index contributed by atoms with van der Waals surface area (Å²) in [7, 11) is 0. The van der Waals surface area contributed by atoms with Gasteiger partial charge in [0, 0.05) is 17.1 Å². The second kappa shape index (κ2) is 7.41. The molecule has 0 spiro atoms. The van der Waals surface area contributed by atoms with Gasteiger partial charge in [-0.25, -0.2) is 9.97 Å². The first-order valence-corrected chi connectivity index (χ1v) is 9.04. The second-order valence-electron chi connectivity index (χ2n) is 6.38. The molecule has 0 amide bonds. The van der Waals surface area contributed by atoms with Crippen molar-refractivity contribution in [2.45, 2.75) is 19.4 Å². The maximum atomic E-state index is 6.11. The molecule has 2 aromatic heterocycles. The van der Waals surface area contributed by atoms with E-state index in [0.717, 1.165) is 28.6 Å². The summed E-state index contributed by atoms with van der Waals surface area (Å²) in [5.41, 5.74) is 10.00. The highest BCUT2D eigenvalue weighted by atomic mass is 15.1. The fourth-order valence-corrected chi connectivity index (χ4v) is 3.23. The molecule has 0 aliphatic carbocycles. The molecule has 134 valence electrons. The third kappa shape index (κ3) is 3.44. The van der Waals surface area contributed by atoms with E-state index in [1.807, 2.05) is 48.5 Å². The van der Waals surface area contributed by atoms with E-state index in [4.69, 9.17) is 10.7 Å². The summed E-state index contributed by atoms with van der Waals surface area (Å²) in [6, 6.07) is 20.4. The maximum absolute atomic E-state index is 6.11. The number of anilines is 2. The summed E-state index contributed by atoms with van der Waals surface area (Å²) >= 11 is 0. The zero-order chi connectivity index (χ0) is 18.6. The van der Waals surface area contributed by atoms with Crippen LogP contribution in [-0.2, 0) is 0 Å². The third-order valence-electron chi connectivity index (χ3n) is 4.64. The van der Waals surface area contributed by atoms with Crippen molar-refractivity contribution < 1.29 is 0 Å². The van der Waals surface area contributed by atoms with E-state index in [0.29, 0.717) is 11.6 Å². The molecule has 0 aliphatic heterocycles. The Morgan fingerprint density at radius 2 is 1.81 bits per heavy atom. The van der Waals surface area contributed by atoms with E-state index in [9.17, 15) is 0 Å². The van der Waals surface area contributed by atoms with Crippen molar-refractivity contribution in [3.8, 4) is 11.3 Å². The van der Waals surface area contributed by atoms with Crippen molar-refractivity contribution in [1.82, 2.24) is 15.0 Å². The number of hydrogen-bond donors (Lipinski definition) is 2. The summed E-state index contributed by atoms with van der Waals surface area (Å²) < 4.78 is 0. The number of pyridine rings is 1. The van der Waals surface area contributed by atoms with Gasteiger partial charge >= 0.3 is 0 Å². The van der Waals surface area contributed by atoms with E-state index in [2.05, 4.69) is 34.3 Å². The Bertz CT molecular complexity index is 1060. The zero-order valence-electron chi connectivity index (χ0n) is 15.1. The lowest BCUT2D eigenvalue weighted by Crippen LogP contribution is -2.13. The number of benzene rings is 2. The van der Waals surface area contributed by atoms with Gasteiger partial charge in [-0.1, -0.05) is 55.5 Å². The average Bonchev–Trinajstić information content (AvgIpc) is 2.73. The number of fused-ring (bicyclic) bond motifs is 1. The highest BCUT2D eigenvalue weighted by molar-refractivity contribution is 5.93. The lowest BCUT2D eigenvalue weighted by molar-refractivity contribution is 0.744. The largest absolute Gasteiger partial charge is 0.381 e. The van der Waals surface area contributed by atoms with Gasteiger partial charge in [-0.2, -0.15) is 0 Å². The minimum atomic E-state index is 0.118. The molecule has 4 rings (SSSR count). The van der Waals surface area contributed by atoms with Crippen molar-refractivity contribution >= 4 is 22.5 Å². The van der Waals surface area contributed by atoms with E-state index in [1.165, 1.54) is 5.56 Å². The second-order valence-corrected chi connectivity index (χ2v) is 6.38. The number of rotatable bonds is 5. The smallest absolute Gasteiger partial charge is 0.170 e. The summed E-state index contributed by atoms with van der Waals surface area (Å²) in [5, 5.41) is 4.50. The molecule has 0 saturated heterocycles. The molecule has 5 nitrogen and oxygen atoms in total. The van der Waals surface area contributed by atoms with Crippen LogP contribution in [0, 0.1) is 0 Å². The van der Waals surface area contributed by atoms with Crippen LogP contribution in [0.3, 0.4) is 0 Å². The number of nitrogen functional groups attached to an aromatic ring is 1. The van der Waals surface area contributed by atoms with Crippen molar-refractivity contribution in [2.24, 2.45) is 0 Å². The number of aromatic nitrogens is 3. The quantitative estimate of drug-likeness (QED) is 0.536. The summed E-state index contributed by atoms with van der Waals surface area (Å²) in [6.07, 6.45) is 4.42. The van der Waals surface area contributed by atoms with Crippen LogP contribution < -0.4 is 11.1 Å². The zero-order valence-corrected chi connectivity index (χ0v) is 15.1. The first-order chi connectivity index (χ1) is 13.3. The minimum Gasteiger partial charge on any atom is -0.381 e. The molecule has 0 bridgehead atoms. The van der Waals surface area contributed by atoms with Gasteiger partial charge in [0.15, 0.2) is 11.6 Å². The van der Waals surface area contributed by atoms with Gasteiger partial charge in [-0.15, -0.1) is 0 Å². The number of nitrogens with two attached hydrogens (primary N) is 1. The molecule has 3 N–H and O–H groups in total. The van der Waals surface area contributed by atoms with Gasteiger partial charge in [0.2, 0.25) is 0 Å². The Hall–Kier alpha value is -3.47. The van der Waals surface area contributed by atoms with Crippen LogP contribution in [0.1, 0.15) is 24.9 Å². The average molecular weight is 355 g/mol. The minimum absolute atomic E-state index is 0.118. The number of hydrogen-bond acceptors (Lipinski definition) is 5. The molecular formula is C22H21N5. The van der Waals surface area contributed by atoms with Crippen LogP contribution in [0.25, 0.3) is 22.2 Å². The van der Waals surface area contributed by atoms with Gasteiger partial charge in [0.05, 0.1) is 23.4 Å². The van der Waals surface area contributed by atoms with Crippen molar-refractivity contribution in [3.05, 3.63) is 78.6 Å².